The minimum Gasteiger partial charge on any atom is -0.493 e. The van der Waals surface area contributed by atoms with Crippen LogP contribution in [0.5, 0.6) is 11.6 Å². The van der Waals surface area contributed by atoms with Crippen LogP contribution in [0.3, 0.4) is 0 Å². The lowest BCUT2D eigenvalue weighted by atomic mass is 10.0. The fourth-order valence-corrected chi connectivity index (χ4v) is 4.24. The molecule has 1 aliphatic rings. The van der Waals surface area contributed by atoms with Crippen molar-refractivity contribution >= 4 is 17.3 Å². The molecule has 0 atom stereocenters. The number of hydrogen-bond donors (Lipinski definition) is 1. The van der Waals surface area contributed by atoms with E-state index in [0.29, 0.717) is 44.5 Å². The average molecular weight is 530 g/mol. The van der Waals surface area contributed by atoms with Crippen LogP contribution in [0, 0.1) is 6.92 Å². The van der Waals surface area contributed by atoms with E-state index < -0.39 is 17.6 Å². The van der Waals surface area contributed by atoms with Crippen LogP contribution in [0.15, 0.2) is 48.7 Å². The molecule has 1 saturated heterocycles. The Bertz CT molecular complexity index is 1290. The maximum absolute atomic E-state index is 13.3. The van der Waals surface area contributed by atoms with Crippen molar-refractivity contribution in [1.29, 1.82) is 0 Å². The van der Waals surface area contributed by atoms with E-state index in [-0.39, 0.29) is 17.9 Å². The lowest BCUT2D eigenvalue weighted by Crippen LogP contribution is -2.36. The highest BCUT2D eigenvalue weighted by Gasteiger charge is 2.32. The smallest absolute Gasteiger partial charge is 0.416 e. The first-order valence-electron chi connectivity index (χ1n) is 12.4. The molecular weight excluding hydrogens is 499 g/mol. The SMILES string of the molecule is CCOc1ccc(C(F)(F)F)cc1C(=O)Nc1ccc(C)c(-c2cnc(OCC)c(N3CCOCC3)c2)c1. The van der Waals surface area contributed by atoms with E-state index in [1.165, 1.54) is 6.07 Å². The number of nitrogens with one attached hydrogen (secondary N) is 1. The first-order chi connectivity index (χ1) is 18.2. The van der Waals surface area contributed by atoms with Gasteiger partial charge in [0.05, 0.1) is 37.6 Å². The van der Waals surface area contributed by atoms with Gasteiger partial charge in [0.2, 0.25) is 5.88 Å². The van der Waals surface area contributed by atoms with E-state index in [1.807, 2.05) is 26.0 Å². The van der Waals surface area contributed by atoms with Crippen LogP contribution in [0.1, 0.15) is 35.3 Å². The number of carbonyl (C=O) groups excluding carboxylic acids is 1. The summed E-state index contributed by atoms with van der Waals surface area (Å²) in [5, 5.41) is 2.72. The molecule has 0 unspecified atom stereocenters. The van der Waals surface area contributed by atoms with Gasteiger partial charge in [-0.15, -0.1) is 0 Å². The summed E-state index contributed by atoms with van der Waals surface area (Å²) in [5.74, 6) is -0.0855. The van der Waals surface area contributed by atoms with E-state index in [2.05, 4.69) is 15.2 Å². The van der Waals surface area contributed by atoms with Gasteiger partial charge in [0, 0.05) is 30.5 Å². The molecular formula is C28H30F3N3O4. The van der Waals surface area contributed by atoms with Crippen molar-refractivity contribution in [2.24, 2.45) is 0 Å². The topological polar surface area (TPSA) is 72.9 Å². The second kappa shape index (κ2) is 11.7. The Morgan fingerprint density at radius 1 is 1.05 bits per heavy atom. The average Bonchev–Trinajstić information content (AvgIpc) is 2.90. The molecule has 7 nitrogen and oxygen atoms in total. The minimum absolute atomic E-state index is 0.0798. The largest absolute Gasteiger partial charge is 0.493 e. The molecule has 2 aromatic carbocycles. The number of aromatic nitrogens is 1. The Morgan fingerprint density at radius 3 is 2.47 bits per heavy atom. The molecule has 4 rings (SSSR count). The molecule has 10 heteroatoms. The third-order valence-electron chi connectivity index (χ3n) is 6.12. The number of nitrogens with zero attached hydrogens (tertiary/aromatic N) is 2. The van der Waals surface area contributed by atoms with Crippen LogP contribution in [0.2, 0.25) is 0 Å². The van der Waals surface area contributed by atoms with Crippen LogP contribution in [0.4, 0.5) is 24.5 Å². The van der Waals surface area contributed by atoms with E-state index in [9.17, 15) is 18.0 Å². The predicted molar refractivity (Wildman–Crippen MR) is 139 cm³/mol. The molecule has 2 heterocycles. The zero-order chi connectivity index (χ0) is 27.3. The fourth-order valence-electron chi connectivity index (χ4n) is 4.24. The summed E-state index contributed by atoms with van der Waals surface area (Å²) in [6.45, 7) is 8.84. The van der Waals surface area contributed by atoms with Gasteiger partial charge in [0.15, 0.2) is 0 Å². The first-order valence-corrected chi connectivity index (χ1v) is 12.4. The summed E-state index contributed by atoms with van der Waals surface area (Å²) in [7, 11) is 0. The van der Waals surface area contributed by atoms with E-state index in [0.717, 1.165) is 34.5 Å². The molecule has 0 radical (unpaired) electrons. The normalized spacial score (nSPS) is 13.8. The number of aryl methyl sites for hydroxylation is 1. The lowest BCUT2D eigenvalue weighted by Gasteiger charge is -2.30. The molecule has 1 aromatic heterocycles. The summed E-state index contributed by atoms with van der Waals surface area (Å²) in [5.41, 5.74) is 2.74. The highest BCUT2D eigenvalue weighted by molar-refractivity contribution is 6.06. The molecule has 202 valence electrons. The zero-order valence-corrected chi connectivity index (χ0v) is 21.5. The lowest BCUT2D eigenvalue weighted by molar-refractivity contribution is -0.137. The Hall–Kier alpha value is -3.79. The highest BCUT2D eigenvalue weighted by Crippen LogP contribution is 2.35. The number of hydrogen-bond acceptors (Lipinski definition) is 6. The van der Waals surface area contributed by atoms with Crippen molar-refractivity contribution < 1.29 is 32.2 Å². The Kier molecular flexibility index (Phi) is 8.41. The summed E-state index contributed by atoms with van der Waals surface area (Å²) >= 11 is 0. The molecule has 1 aliphatic heterocycles. The van der Waals surface area contributed by atoms with Crippen LogP contribution >= 0.6 is 0 Å². The molecule has 38 heavy (non-hydrogen) atoms. The fraction of sp³-hybridized carbons (Fsp3) is 0.357. The summed E-state index contributed by atoms with van der Waals surface area (Å²) in [4.78, 5) is 19.8. The van der Waals surface area contributed by atoms with Crippen molar-refractivity contribution in [2.75, 3.05) is 49.7 Å². The van der Waals surface area contributed by atoms with E-state index >= 15 is 0 Å². The zero-order valence-electron chi connectivity index (χ0n) is 21.5. The minimum atomic E-state index is -4.59. The van der Waals surface area contributed by atoms with Crippen molar-refractivity contribution in [3.05, 3.63) is 65.4 Å². The predicted octanol–water partition coefficient (Wildman–Crippen LogP) is 5.96. The summed E-state index contributed by atoms with van der Waals surface area (Å²) in [6, 6.07) is 10.2. The van der Waals surface area contributed by atoms with Crippen LogP contribution in [-0.2, 0) is 10.9 Å². The Balaban J connectivity index is 1.66. The number of carbonyl (C=O) groups is 1. The Labute approximate surface area is 219 Å². The molecule has 1 amide bonds. The highest BCUT2D eigenvalue weighted by atomic mass is 19.4. The van der Waals surface area contributed by atoms with Gasteiger partial charge in [-0.25, -0.2) is 4.98 Å². The molecule has 1 N–H and O–H groups in total. The summed E-state index contributed by atoms with van der Waals surface area (Å²) < 4.78 is 56.6. The number of anilines is 2. The van der Waals surface area contributed by atoms with Crippen LogP contribution in [0.25, 0.3) is 11.1 Å². The van der Waals surface area contributed by atoms with Gasteiger partial charge in [-0.2, -0.15) is 13.2 Å². The van der Waals surface area contributed by atoms with Crippen molar-refractivity contribution in [2.45, 2.75) is 26.9 Å². The van der Waals surface area contributed by atoms with Crippen LogP contribution < -0.4 is 19.7 Å². The van der Waals surface area contributed by atoms with Crippen molar-refractivity contribution in [1.82, 2.24) is 4.98 Å². The standard InChI is InChI=1S/C28H30F3N3O4/c1-4-37-25-9-7-20(28(29,30)31)15-23(25)26(35)33-21-8-6-18(3)22(16-21)19-14-24(27(32-17-19)38-5-2)34-10-12-36-13-11-34/h6-9,14-17H,4-5,10-13H2,1-3H3,(H,33,35). The van der Waals surface area contributed by atoms with Gasteiger partial charge in [-0.1, -0.05) is 6.07 Å². The van der Waals surface area contributed by atoms with Crippen molar-refractivity contribution in [3.63, 3.8) is 0 Å². The summed E-state index contributed by atoms with van der Waals surface area (Å²) in [6.07, 6.45) is -2.88. The van der Waals surface area contributed by atoms with Gasteiger partial charge < -0.3 is 24.4 Å². The number of alkyl halides is 3. The number of rotatable bonds is 8. The van der Waals surface area contributed by atoms with Gasteiger partial charge in [-0.3, -0.25) is 4.79 Å². The first kappa shape index (κ1) is 27.3. The number of benzene rings is 2. The molecule has 0 spiro atoms. The Morgan fingerprint density at radius 2 is 1.79 bits per heavy atom. The van der Waals surface area contributed by atoms with Gasteiger partial charge in [0.25, 0.3) is 5.91 Å². The third kappa shape index (κ3) is 6.19. The van der Waals surface area contributed by atoms with E-state index in [1.54, 1.807) is 25.3 Å². The van der Waals surface area contributed by atoms with E-state index in [4.69, 9.17) is 14.2 Å². The number of pyridine rings is 1. The van der Waals surface area contributed by atoms with Crippen LogP contribution in [-0.4, -0.2) is 50.4 Å². The second-order valence-electron chi connectivity index (χ2n) is 8.71. The molecule has 0 aliphatic carbocycles. The third-order valence-corrected chi connectivity index (χ3v) is 6.12. The quantitative estimate of drug-likeness (QED) is 0.388. The number of amides is 1. The van der Waals surface area contributed by atoms with Gasteiger partial charge >= 0.3 is 6.18 Å². The number of morpholine rings is 1. The second-order valence-corrected chi connectivity index (χ2v) is 8.71. The monoisotopic (exact) mass is 529 g/mol. The molecule has 0 saturated carbocycles. The van der Waals surface area contributed by atoms with Gasteiger partial charge in [0.1, 0.15) is 11.4 Å². The maximum Gasteiger partial charge on any atom is 0.416 e. The maximum atomic E-state index is 13.3. The molecule has 1 fully saturated rings. The van der Waals surface area contributed by atoms with Crippen molar-refractivity contribution in [3.8, 4) is 22.8 Å². The number of ether oxygens (including phenoxy) is 3. The van der Waals surface area contributed by atoms with Gasteiger partial charge in [-0.05, 0) is 68.3 Å². The molecule has 3 aromatic rings. The molecule has 0 bridgehead atoms. The number of halogens is 3.